The normalized spacial score (nSPS) is 16.1. The Balaban J connectivity index is 2.01. The third-order valence-corrected chi connectivity index (χ3v) is 3.08. The van der Waals surface area contributed by atoms with Gasteiger partial charge in [-0.2, -0.15) is 5.26 Å². The zero-order valence-corrected chi connectivity index (χ0v) is 9.72. The van der Waals surface area contributed by atoms with Crippen LogP contribution in [-0.4, -0.2) is 5.91 Å². The highest BCUT2D eigenvalue weighted by molar-refractivity contribution is 6.30. The van der Waals surface area contributed by atoms with E-state index in [9.17, 15) is 9.18 Å². The van der Waals surface area contributed by atoms with Gasteiger partial charge in [0.05, 0.1) is 6.07 Å². The van der Waals surface area contributed by atoms with E-state index >= 15 is 0 Å². The quantitative estimate of drug-likeness (QED) is 0.898. The van der Waals surface area contributed by atoms with Crippen LogP contribution in [0.2, 0.25) is 5.02 Å². The molecule has 5 heteroatoms. The molecule has 2 rings (SSSR count). The molecule has 1 aromatic rings. The van der Waals surface area contributed by atoms with Crippen molar-refractivity contribution in [3.05, 3.63) is 34.6 Å². The zero-order valence-electron chi connectivity index (χ0n) is 8.96. The molecule has 3 nitrogen and oxygen atoms in total. The number of carbonyl (C=O) groups is 1. The van der Waals surface area contributed by atoms with Gasteiger partial charge in [-0.25, -0.2) is 4.39 Å². The summed E-state index contributed by atoms with van der Waals surface area (Å²) >= 11 is 5.73. The van der Waals surface area contributed by atoms with E-state index in [0.717, 1.165) is 0 Å². The van der Waals surface area contributed by atoms with E-state index in [1.54, 1.807) is 0 Å². The van der Waals surface area contributed by atoms with Gasteiger partial charge in [0, 0.05) is 17.1 Å². The number of benzene rings is 1. The molecule has 1 aromatic carbocycles. The highest BCUT2D eigenvalue weighted by Gasteiger charge is 2.50. The Labute approximate surface area is 103 Å². The number of halogens is 2. The maximum absolute atomic E-state index is 13.3. The second-order valence-corrected chi connectivity index (χ2v) is 4.55. The van der Waals surface area contributed by atoms with Crippen LogP contribution in [0.15, 0.2) is 18.2 Å². The van der Waals surface area contributed by atoms with Crippen molar-refractivity contribution in [1.82, 2.24) is 5.32 Å². The van der Waals surface area contributed by atoms with Gasteiger partial charge in [0.15, 0.2) is 0 Å². The predicted molar refractivity (Wildman–Crippen MR) is 60.5 cm³/mol. The molecule has 0 bridgehead atoms. The zero-order chi connectivity index (χ0) is 12.5. The Kier molecular flexibility index (Phi) is 3.03. The summed E-state index contributed by atoms with van der Waals surface area (Å²) in [7, 11) is 0. The van der Waals surface area contributed by atoms with Crippen LogP contribution < -0.4 is 5.32 Å². The topological polar surface area (TPSA) is 52.9 Å². The van der Waals surface area contributed by atoms with Gasteiger partial charge in [-0.15, -0.1) is 0 Å². The highest BCUT2D eigenvalue weighted by atomic mass is 35.5. The number of carbonyl (C=O) groups excluding carboxylic acids is 1. The molecule has 1 fully saturated rings. The van der Waals surface area contributed by atoms with Crippen molar-refractivity contribution in [3.8, 4) is 6.07 Å². The second-order valence-electron chi connectivity index (χ2n) is 4.11. The summed E-state index contributed by atoms with van der Waals surface area (Å²) in [5.74, 6) is -0.754. The van der Waals surface area contributed by atoms with E-state index in [1.165, 1.54) is 18.2 Å². The molecule has 1 N–H and O–H groups in total. The number of nitrogens with one attached hydrogen (secondary N) is 1. The van der Waals surface area contributed by atoms with E-state index in [0.29, 0.717) is 23.4 Å². The standard InChI is InChI=1S/C12H10ClFN2O/c13-9-1-2-10(14)8(5-9)6-16-11(17)12(7-15)3-4-12/h1-2,5H,3-4,6H2,(H,16,17). The average molecular weight is 253 g/mol. The molecule has 0 saturated heterocycles. The fourth-order valence-corrected chi connectivity index (χ4v) is 1.73. The maximum Gasteiger partial charge on any atom is 0.240 e. The summed E-state index contributed by atoms with van der Waals surface area (Å²) in [5, 5.41) is 11.8. The molecule has 1 saturated carbocycles. The van der Waals surface area contributed by atoms with Gasteiger partial charge in [0.1, 0.15) is 11.2 Å². The Morgan fingerprint density at radius 1 is 1.59 bits per heavy atom. The third-order valence-electron chi connectivity index (χ3n) is 2.85. The van der Waals surface area contributed by atoms with E-state index in [1.807, 2.05) is 6.07 Å². The lowest BCUT2D eigenvalue weighted by Gasteiger charge is -2.09. The largest absolute Gasteiger partial charge is 0.351 e. The van der Waals surface area contributed by atoms with Crippen LogP contribution in [0.25, 0.3) is 0 Å². The number of amides is 1. The van der Waals surface area contributed by atoms with Gasteiger partial charge >= 0.3 is 0 Å². The van der Waals surface area contributed by atoms with E-state index in [2.05, 4.69) is 5.32 Å². The van der Waals surface area contributed by atoms with Crippen LogP contribution in [0, 0.1) is 22.6 Å². The van der Waals surface area contributed by atoms with Gasteiger partial charge in [-0.1, -0.05) is 11.6 Å². The monoisotopic (exact) mass is 252 g/mol. The van der Waals surface area contributed by atoms with Gasteiger partial charge in [0.25, 0.3) is 0 Å². The maximum atomic E-state index is 13.3. The minimum absolute atomic E-state index is 0.0503. The fourth-order valence-electron chi connectivity index (χ4n) is 1.54. The highest BCUT2D eigenvalue weighted by Crippen LogP contribution is 2.45. The summed E-state index contributed by atoms with van der Waals surface area (Å²) in [6, 6.07) is 6.14. The molecule has 0 aromatic heterocycles. The molecule has 0 aliphatic heterocycles. The van der Waals surface area contributed by atoms with Gasteiger partial charge in [0.2, 0.25) is 5.91 Å². The lowest BCUT2D eigenvalue weighted by molar-refractivity contribution is -0.124. The summed E-state index contributed by atoms with van der Waals surface area (Å²) in [4.78, 5) is 11.6. The summed E-state index contributed by atoms with van der Waals surface area (Å²) in [6.45, 7) is 0.0503. The van der Waals surface area contributed by atoms with Crippen LogP contribution in [0.3, 0.4) is 0 Å². The molecule has 0 atom stereocenters. The molecule has 0 radical (unpaired) electrons. The first kappa shape index (κ1) is 11.9. The van der Waals surface area contributed by atoms with Crippen molar-refractivity contribution >= 4 is 17.5 Å². The Morgan fingerprint density at radius 2 is 2.29 bits per heavy atom. The molecule has 88 valence electrons. The van der Waals surface area contributed by atoms with Crippen LogP contribution in [0.1, 0.15) is 18.4 Å². The van der Waals surface area contributed by atoms with Crippen LogP contribution >= 0.6 is 11.6 Å². The molecule has 1 amide bonds. The number of nitriles is 1. The number of hydrogen-bond donors (Lipinski definition) is 1. The first-order valence-electron chi connectivity index (χ1n) is 5.21. The first-order valence-corrected chi connectivity index (χ1v) is 5.59. The SMILES string of the molecule is N#CC1(C(=O)NCc2cc(Cl)ccc2F)CC1. The van der Waals surface area contributed by atoms with Crippen molar-refractivity contribution in [3.63, 3.8) is 0 Å². The molecular formula is C12H10ClFN2O. The lowest BCUT2D eigenvalue weighted by Crippen LogP contribution is -2.30. The van der Waals surface area contributed by atoms with Crippen LogP contribution in [0.4, 0.5) is 4.39 Å². The summed E-state index contributed by atoms with van der Waals surface area (Å²) in [6.07, 6.45) is 1.15. The molecular weight excluding hydrogens is 243 g/mol. The Morgan fingerprint density at radius 3 is 2.88 bits per heavy atom. The van der Waals surface area contributed by atoms with Crippen LogP contribution in [0.5, 0.6) is 0 Å². The minimum atomic E-state index is -0.880. The van der Waals surface area contributed by atoms with Crippen molar-refractivity contribution in [2.75, 3.05) is 0 Å². The fraction of sp³-hybridized carbons (Fsp3) is 0.333. The van der Waals surface area contributed by atoms with E-state index < -0.39 is 11.2 Å². The van der Waals surface area contributed by atoms with Gasteiger partial charge in [-0.05, 0) is 31.0 Å². The first-order chi connectivity index (χ1) is 8.07. The van der Waals surface area contributed by atoms with Gasteiger partial charge < -0.3 is 5.32 Å². The van der Waals surface area contributed by atoms with E-state index in [4.69, 9.17) is 16.9 Å². The van der Waals surface area contributed by atoms with Crippen molar-refractivity contribution in [2.24, 2.45) is 5.41 Å². The van der Waals surface area contributed by atoms with Crippen LogP contribution in [-0.2, 0) is 11.3 Å². The average Bonchev–Trinajstić information content (AvgIpc) is 3.11. The number of rotatable bonds is 3. The summed E-state index contributed by atoms with van der Waals surface area (Å²) in [5.41, 5.74) is -0.561. The molecule has 1 aliphatic rings. The van der Waals surface area contributed by atoms with E-state index in [-0.39, 0.29) is 12.5 Å². The Bertz CT molecular complexity index is 506. The van der Waals surface area contributed by atoms with Crippen molar-refractivity contribution < 1.29 is 9.18 Å². The number of hydrogen-bond acceptors (Lipinski definition) is 2. The second kappa shape index (κ2) is 4.34. The molecule has 0 heterocycles. The summed E-state index contributed by atoms with van der Waals surface area (Å²) < 4.78 is 13.3. The van der Waals surface area contributed by atoms with Crippen molar-refractivity contribution in [1.29, 1.82) is 5.26 Å². The van der Waals surface area contributed by atoms with Crippen molar-refractivity contribution in [2.45, 2.75) is 19.4 Å². The Hall–Kier alpha value is -1.60. The third kappa shape index (κ3) is 2.40. The predicted octanol–water partition coefficient (Wildman–Crippen LogP) is 2.40. The molecule has 0 spiro atoms. The lowest BCUT2D eigenvalue weighted by atomic mass is 10.1. The van der Waals surface area contributed by atoms with Gasteiger partial charge in [-0.3, -0.25) is 4.79 Å². The molecule has 1 aliphatic carbocycles. The minimum Gasteiger partial charge on any atom is -0.351 e. The number of nitrogens with zero attached hydrogens (tertiary/aromatic N) is 1. The molecule has 17 heavy (non-hydrogen) atoms. The smallest absolute Gasteiger partial charge is 0.240 e. The molecule has 0 unspecified atom stereocenters.